The Morgan fingerprint density at radius 1 is 1.47 bits per heavy atom. The molecule has 0 aliphatic rings. The van der Waals surface area contributed by atoms with E-state index < -0.39 is 5.97 Å². The molecule has 0 spiro atoms. The van der Waals surface area contributed by atoms with E-state index in [1.54, 1.807) is 0 Å². The minimum Gasteiger partial charge on any atom is -0.481 e. The highest BCUT2D eigenvalue weighted by atomic mass is 19.1. The summed E-state index contributed by atoms with van der Waals surface area (Å²) >= 11 is 0. The Kier molecular flexibility index (Phi) is 8.28. The van der Waals surface area contributed by atoms with E-state index in [0.29, 0.717) is 18.9 Å². The van der Waals surface area contributed by atoms with Crippen molar-refractivity contribution in [1.82, 2.24) is 0 Å². The molecule has 2 atom stereocenters. The predicted molar refractivity (Wildman–Crippen MR) is 58.4 cm³/mol. The van der Waals surface area contributed by atoms with Gasteiger partial charge in [0.05, 0.1) is 6.67 Å². The fourth-order valence-corrected chi connectivity index (χ4v) is 1.78. The molecule has 0 unspecified atom stereocenters. The summed E-state index contributed by atoms with van der Waals surface area (Å²) in [5, 5.41) is 8.64. The summed E-state index contributed by atoms with van der Waals surface area (Å²) in [6.45, 7) is 2.23. The number of hydrogen-bond donors (Lipinski definition) is 2. The maximum absolute atomic E-state index is 11.8. The van der Waals surface area contributed by atoms with Gasteiger partial charge < -0.3 is 10.8 Å². The molecule has 90 valence electrons. The van der Waals surface area contributed by atoms with Crippen molar-refractivity contribution in [1.29, 1.82) is 0 Å². The summed E-state index contributed by atoms with van der Waals surface area (Å²) in [6, 6.07) is 0. The number of aliphatic carboxylic acids is 1. The summed E-state index contributed by atoms with van der Waals surface area (Å²) in [7, 11) is 0. The maximum atomic E-state index is 11.8. The second-order valence-corrected chi connectivity index (χ2v) is 4.23. The van der Waals surface area contributed by atoms with Crippen LogP contribution >= 0.6 is 0 Å². The summed E-state index contributed by atoms with van der Waals surface area (Å²) < 4.78 is 11.8. The van der Waals surface area contributed by atoms with Crippen molar-refractivity contribution in [3.63, 3.8) is 0 Å². The summed E-state index contributed by atoms with van der Waals surface area (Å²) in [4.78, 5) is 10.5. The second-order valence-electron chi connectivity index (χ2n) is 4.23. The molecule has 0 rings (SSSR count). The van der Waals surface area contributed by atoms with Gasteiger partial charge in [-0.15, -0.1) is 0 Å². The number of carboxylic acids is 1. The lowest BCUT2D eigenvalue weighted by Gasteiger charge is -2.17. The molecule has 0 saturated carbocycles. The Labute approximate surface area is 90.8 Å². The molecule has 0 aromatic carbocycles. The number of halogens is 1. The van der Waals surface area contributed by atoms with Crippen LogP contribution in [0, 0.1) is 11.8 Å². The molecule has 3 nitrogen and oxygen atoms in total. The number of nitrogens with two attached hydrogens (primary N) is 1. The zero-order chi connectivity index (χ0) is 11.7. The van der Waals surface area contributed by atoms with Gasteiger partial charge in [-0.05, 0) is 31.2 Å². The zero-order valence-electron chi connectivity index (χ0n) is 9.42. The van der Waals surface area contributed by atoms with Gasteiger partial charge in [0.1, 0.15) is 0 Å². The molecule has 3 N–H and O–H groups in total. The summed E-state index contributed by atoms with van der Waals surface area (Å²) in [5.74, 6) is -0.297. The normalized spacial score (nSPS) is 14.9. The molecular weight excluding hydrogens is 197 g/mol. The van der Waals surface area contributed by atoms with Crippen molar-refractivity contribution in [2.75, 3.05) is 13.2 Å². The molecule has 0 amide bonds. The fraction of sp³-hybridized carbons (Fsp3) is 0.909. The third-order valence-corrected chi connectivity index (χ3v) is 2.61. The van der Waals surface area contributed by atoms with Crippen molar-refractivity contribution in [3.05, 3.63) is 0 Å². The van der Waals surface area contributed by atoms with Crippen LogP contribution in [0.5, 0.6) is 0 Å². The minimum absolute atomic E-state index is 0.0582. The number of unbranched alkanes of at least 4 members (excludes halogenated alkanes) is 1. The van der Waals surface area contributed by atoms with Crippen LogP contribution in [0.25, 0.3) is 0 Å². The number of hydrogen-bond acceptors (Lipinski definition) is 2. The SMILES string of the molecule is C[C@H](CCCCF)C[C@H](CN)CC(=O)O. The van der Waals surface area contributed by atoms with Gasteiger partial charge in [-0.2, -0.15) is 0 Å². The van der Waals surface area contributed by atoms with E-state index in [9.17, 15) is 9.18 Å². The van der Waals surface area contributed by atoms with Crippen molar-refractivity contribution >= 4 is 5.97 Å². The van der Waals surface area contributed by atoms with Gasteiger partial charge in [-0.3, -0.25) is 9.18 Å². The third-order valence-electron chi connectivity index (χ3n) is 2.61. The third kappa shape index (κ3) is 8.36. The van der Waals surface area contributed by atoms with Crippen molar-refractivity contribution < 1.29 is 14.3 Å². The smallest absolute Gasteiger partial charge is 0.303 e. The van der Waals surface area contributed by atoms with Gasteiger partial charge in [0.2, 0.25) is 0 Å². The van der Waals surface area contributed by atoms with Crippen molar-refractivity contribution in [2.24, 2.45) is 17.6 Å². The molecule has 0 aromatic heterocycles. The largest absolute Gasteiger partial charge is 0.481 e. The van der Waals surface area contributed by atoms with Crippen LogP contribution in [0.15, 0.2) is 0 Å². The van der Waals surface area contributed by atoms with E-state index >= 15 is 0 Å². The number of carboxylic acid groups (broad SMARTS) is 1. The second kappa shape index (κ2) is 8.65. The summed E-state index contributed by atoms with van der Waals surface area (Å²) in [6.07, 6.45) is 3.41. The van der Waals surface area contributed by atoms with Crippen LogP contribution in [-0.4, -0.2) is 24.3 Å². The maximum Gasteiger partial charge on any atom is 0.303 e. The monoisotopic (exact) mass is 219 g/mol. The molecule has 4 heteroatoms. The van der Waals surface area contributed by atoms with E-state index in [-0.39, 0.29) is 19.0 Å². The Bertz CT molecular complexity index is 176. The lowest BCUT2D eigenvalue weighted by molar-refractivity contribution is -0.138. The molecule has 0 aliphatic carbocycles. The van der Waals surface area contributed by atoms with Gasteiger partial charge in [-0.1, -0.05) is 19.8 Å². The zero-order valence-corrected chi connectivity index (χ0v) is 9.42. The predicted octanol–water partition coefficient (Wildman–Crippen LogP) is 2.20. The lowest BCUT2D eigenvalue weighted by atomic mass is 9.90. The van der Waals surface area contributed by atoms with Crippen LogP contribution in [0.1, 0.15) is 39.0 Å². The summed E-state index contributed by atoms with van der Waals surface area (Å²) in [5.41, 5.74) is 5.50. The van der Waals surface area contributed by atoms with Crippen LogP contribution in [0.2, 0.25) is 0 Å². The van der Waals surface area contributed by atoms with Gasteiger partial charge in [0.25, 0.3) is 0 Å². The molecular formula is C11H22FNO2. The standard InChI is InChI=1S/C11H22FNO2/c1-9(4-2-3-5-12)6-10(8-13)7-11(14)15/h9-10H,2-8,13H2,1H3,(H,14,15)/t9-,10+/m1/s1. The molecule has 0 heterocycles. The number of carbonyl (C=O) groups is 1. The minimum atomic E-state index is -0.790. The first-order valence-corrected chi connectivity index (χ1v) is 5.58. The van der Waals surface area contributed by atoms with Crippen molar-refractivity contribution in [3.8, 4) is 0 Å². The van der Waals surface area contributed by atoms with Crippen molar-refractivity contribution in [2.45, 2.75) is 39.0 Å². The Hall–Kier alpha value is -0.640. The van der Waals surface area contributed by atoms with E-state index in [0.717, 1.165) is 19.3 Å². The van der Waals surface area contributed by atoms with Gasteiger partial charge >= 0.3 is 5.97 Å². The molecule has 0 aliphatic heterocycles. The highest BCUT2D eigenvalue weighted by Crippen LogP contribution is 2.19. The molecule has 0 aromatic rings. The molecule has 0 radical (unpaired) electrons. The van der Waals surface area contributed by atoms with E-state index in [2.05, 4.69) is 6.92 Å². The highest BCUT2D eigenvalue weighted by molar-refractivity contribution is 5.67. The van der Waals surface area contributed by atoms with E-state index in [1.807, 2.05) is 0 Å². The molecule has 0 fully saturated rings. The van der Waals surface area contributed by atoms with Gasteiger partial charge in [0.15, 0.2) is 0 Å². The quantitative estimate of drug-likeness (QED) is 0.584. The van der Waals surface area contributed by atoms with Gasteiger partial charge in [0, 0.05) is 6.42 Å². The van der Waals surface area contributed by atoms with Crippen LogP contribution < -0.4 is 5.73 Å². The van der Waals surface area contributed by atoms with Gasteiger partial charge in [-0.25, -0.2) is 0 Å². The first-order chi connectivity index (χ1) is 7.10. The molecule has 0 bridgehead atoms. The van der Waals surface area contributed by atoms with Crippen LogP contribution in [-0.2, 0) is 4.79 Å². The molecule has 0 saturated heterocycles. The lowest BCUT2D eigenvalue weighted by Crippen LogP contribution is -2.20. The van der Waals surface area contributed by atoms with E-state index in [4.69, 9.17) is 10.8 Å². The van der Waals surface area contributed by atoms with Crippen LogP contribution in [0.4, 0.5) is 4.39 Å². The first kappa shape index (κ1) is 14.4. The topological polar surface area (TPSA) is 63.3 Å². The number of alkyl halides is 1. The first-order valence-electron chi connectivity index (χ1n) is 5.58. The Morgan fingerprint density at radius 3 is 2.60 bits per heavy atom. The van der Waals surface area contributed by atoms with E-state index in [1.165, 1.54) is 0 Å². The Morgan fingerprint density at radius 2 is 2.13 bits per heavy atom. The molecule has 15 heavy (non-hydrogen) atoms. The average molecular weight is 219 g/mol. The highest BCUT2D eigenvalue weighted by Gasteiger charge is 2.14. The number of rotatable bonds is 9. The fourth-order valence-electron chi connectivity index (χ4n) is 1.78. The Balaban J connectivity index is 3.69. The van der Waals surface area contributed by atoms with Crippen LogP contribution in [0.3, 0.4) is 0 Å². The average Bonchev–Trinajstić information content (AvgIpc) is 2.16.